The lowest BCUT2D eigenvalue weighted by molar-refractivity contribution is -0.120. The Morgan fingerprint density at radius 2 is 1.82 bits per heavy atom. The second kappa shape index (κ2) is 9.27. The number of amides is 1. The van der Waals surface area contributed by atoms with E-state index in [2.05, 4.69) is 68.5 Å². The van der Waals surface area contributed by atoms with E-state index in [1.54, 1.807) is 0 Å². The minimum atomic E-state index is -0.0694. The smallest absolute Gasteiger partial charge is 0.234 e. The van der Waals surface area contributed by atoms with E-state index in [0.717, 1.165) is 6.42 Å². The molecule has 1 rings (SSSR count). The zero-order valence-corrected chi connectivity index (χ0v) is 14.1. The number of benzene rings is 1. The topological polar surface area (TPSA) is 41.1 Å². The molecule has 0 radical (unpaired) electrons. The highest BCUT2D eigenvalue weighted by atomic mass is 16.1. The highest BCUT2D eigenvalue weighted by Gasteiger charge is 2.16. The van der Waals surface area contributed by atoms with E-state index in [9.17, 15) is 4.79 Å². The summed E-state index contributed by atoms with van der Waals surface area (Å²) >= 11 is 0. The Morgan fingerprint density at radius 3 is 2.32 bits per heavy atom. The molecule has 0 saturated heterocycles. The van der Waals surface area contributed by atoms with Crippen LogP contribution in [-0.2, 0) is 11.2 Å². The van der Waals surface area contributed by atoms with Crippen molar-refractivity contribution >= 4 is 5.91 Å². The molecule has 3 nitrogen and oxygen atoms in total. The van der Waals surface area contributed by atoms with Crippen molar-refractivity contribution in [3.8, 4) is 12.3 Å². The number of carbonyl (C=O) groups excluding carboxylic acids is 1. The summed E-state index contributed by atoms with van der Waals surface area (Å²) in [6.07, 6.45) is 6.23. The summed E-state index contributed by atoms with van der Waals surface area (Å²) < 4.78 is 0. The minimum absolute atomic E-state index is 0.0694. The molecule has 0 fully saturated rings. The Kier molecular flexibility index (Phi) is 7.70. The highest BCUT2D eigenvalue weighted by Crippen LogP contribution is 2.22. The van der Waals surface area contributed by atoms with Crippen molar-refractivity contribution in [3.63, 3.8) is 0 Å². The van der Waals surface area contributed by atoms with Crippen molar-refractivity contribution in [2.45, 2.75) is 40.2 Å². The summed E-state index contributed by atoms with van der Waals surface area (Å²) in [5.74, 6) is 3.39. The average Bonchev–Trinajstić information content (AvgIpc) is 2.46. The molecule has 22 heavy (non-hydrogen) atoms. The monoisotopic (exact) mass is 300 g/mol. The SMILES string of the molecule is C#CCNC(=O)CN[C@@H](c1ccc(CC(C)C)cc1)C(C)C. The van der Waals surface area contributed by atoms with E-state index in [4.69, 9.17) is 6.42 Å². The van der Waals surface area contributed by atoms with E-state index in [-0.39, 0.29) is 25.0 Å². The maximum atomic E-state index is 11.7. The van der Waals surface area contributed by atoms with Crippen molar-refractivity contribution in [2.24, 2.45) is 11.8 Å². The molecule has 0 bridgehead atoms. The van der Waals surface area contributed by atoms with Crippen LogP contribution in [0.15, 0.2) is 24.3 Å². The standard InChI is InChI=1S/C19H28N2O/c1-6-11-20-18(22)13-21-19(15(4)5)17-9-7-16(8-10-17)12-14(2)3/h1,7-10,14-15,19,21H,11-13H2,2-5H3,(H,20,22)/t19-/m1/s1. The first-order valence-corrected chi connectivity index (χ1v) is 7.96. The minimum Gasteiger partial charge on any atom is -0.344 e. The average molecular weight is 300 g/mol. The third kappa shape index (κ3) is 6.32. The number of hydrogen-bond donors (Lipinski definition) is 2. The first-order chi connectivity index (χ1) is 10.4. The van der Waals surface area contributed by atoms with Gasteiger partial charge in [0.2, 0.25) is 5.91 Å². The van der Waals surface area contributed by atoms with Crippen LogP contribution >= 0.6 is 0 Å². The van der Waals surface area contributed by atoms with Crippen molar-refractivity contribution in [1.29, 1.82) is 0 Å². The van der Waals surface area contributed by atoms with Crippen LogP contribution in [0.3, 0.4) is 0 Å². The lowest BCUT2D eigenvalue weighted by Gasteiger charge is -2.23. The van der Waals surface area contributed by atoms with Gasteiger partial charge in [-0.1, -0.05) is 57.9 Å². The summed E-state index contributed by atoms with van der Waals surface area (Å²) in [7, 11) is 0. The molecule has 0 heterocycles. The number of carbonyl (C=O) groups is 1. The van der Waals surface area contributed by atoms with Gasteiger partial charge in [-0.3, -0.25) is 4.79 Å². The van der Waals surface area contributed by atoms with Gasteiger partial charge in [-0.25, -0.2) is 0 Å². The van der Waals surface area contributed by atoms with Crippen molar-refractivity contribution < 1.29 is 4.79 Å². The number of rotatable bonds is 8. The second-order valence-corrected chi connectivity index (χ2v) is 6.42. The van der Waals surface area contributed by atoms with E-state index in [1.165, 1.54) is 11.1 Å². The van der Waals surface area contributed by atoms with Gasteiger partial charge in [0.25, 0.3) is 0 Å². The maximum Gasteiger partial charge on any atom is 0.234 e. The molecule has 120 valence electrons. The molecular formula is C19H28N2O. The predicted molar refractivity (Wildman–Crippen MR) is 92.4 cm³/mol. The molecule has 0 aliphatic carbocycles. The van der Waals surface area contributed by atoms with Crippen LogP contribution in [0.5, 0.6) is 0 Å². The summed E-state index contributed by atoms with van der Waals surface area (Å²) in [6, 6.07) is 8.85. The third-order valence-electron chi connectivity index (χ3n) is 3.52. The molecule has 1 atom stereocenters. The molecular weight excluding hydrogens is 272 g/mol. The lowest BCUT2D eigenvalue weighted by atomic mass is 9.94. The van der Waals surface area contributed by atoms with Crippen LogP contribution in [0.2, 0.25) is 0 Å². The van der Waals surface area contributed by atoms with Crippen LogP contribution in [0, 0.1) is 24.2 Å². The van der Waals surface area contributed by atoms with Gasteiger partial charge in [0.05, 0.1) is 13.1 Å². The molecule has 0 aromatic heterocycles. The van der Waals surface area contributed by atoms with Crippen LogP contribution in [0.4, 0.5) is 0 Å². The van der Waals surface area contributed by atoms with Gasteiger partial charge in [0, 0.05) is 6.04 Å². The van der Waals surface area contributed by atoms with Crippen LogP contribution in [0.25, 0.3) is 0 Å². The normalized spacial score (nSPS) is 12.2. The van der Waals surface area contributed by atoms with E-state index >= 15 is 0 Å². The van der Waals surface area contributed by atoms with Gasteiger partial charge in [0.15, 0.2) is 0 Å². The Hall–Kier alpha value is -1.79. The molecule has 1 aromatic rings. The van der Waals surface area contributed by atoms with Crippen LogP contribution in [-0.4, -0.2) is 19.0 Å². The van der Waals surface area contributed by atoms with E-state index in [0.29, 0.717) is 11.8 Å². The van der Waals surface area contributed by atoms with Crippen molar-refractivity contribution in [2.75, 3.05) is 13.1 Å². The van der Waals surface area contributed by atoms with Crippen molar-refractivity contribution in [1.82, 2.24) is 10.6 Å². The second-order valence-electron chi connectivity index (χ2n) is 6.42. The fourth-order valence-corrected chi connectivity index (χ4v) is 2.49. The zero-order chi connectivity index (χ0) is 16.5. The molecule has 1 aromatic carbocycles. The summed E-state index contributed by atoms with van der Waals surface area (Å²) in [5.41, 5.74) is 2.57. The van der Waals surface area contributed by atoms with Crippen molar-refractivity contribution in [3.05, 3.63) is 35.4 Å². The largest absolute Gasteiger partial charge is 0.344 e. The zero-order valence-electron chi connectivity index (χ0n) is 14.1. The quantitative estimate of drug-likeness (QED) is 0.725. The Bertz CT molecular complexity index is 497. The number of nitrogens with one attached hydrogen (secondary N) is 2. The molecule has 0 saturated carbocycles. The third-order valence-corrected chi connectivity index (χ3v) is 3.52. The van der Waals surface area contributed by atoms with Crippen LogP contribution < -0.4 is 10.6 Å². The molecule has 2 N–H and O–H groups in total. The molecule has 0 aliphatic heterocycles. The molecule has 3 heteroatoms. The van der Waals surface area contributed by atoms with Gasteiger partial charge in [-0.15, -0.1) is 6.42 Å². The first-order valence-electron chi connectivity index (χ1n) is 7.96. The van der Waals surface area contributed by atoms with Gasteiger partial charge in [-0.2, -0.15) is 0 Å². The van der Waals surface area contributed by atoms with Gasteiger partial charge < -0.3 is 10.6 Å². The van der Waals surface area contributed by atoms with Gasteiger partial charge in [-0.05, 0) is 29.4 Å². The predicted octanol–water partition coefficient (Wildman–Crippen LogP) is 2.92. The highest BCUT2D eigenvalue weighted by molar-refractivity contribution is 5.78. The summed E-state index contributed by atoms with van der Waals surface area (Å²) in [5, 5.41) is 5.99. The Morgan fingerprint density at radius 1 is 1.18 bits per heavy atom. The molecule has 0 aliphatic rings. The Labute approximate surface area is 134 Å². The van der Waals surface area contributed by atoms with E-state index < -0.39 is 0 Å². The molecule has 1 amide bonds. The van der Waals surface area contributed by atoms with Gasteiger partial charge in [0.1, 0.15) is 0 Å². The fraction of sp³-hybridized carbons (Fsp3) is 0.526. The fourth-order valence-electron chi connectivity index (χ4n) is 2.49. The number of hydrogen-bond acceptors (Lipinski definition) is 2. The summed E-state index contributed by atoms with van der Waals surface area (Å²) in [4.78, 5) is 11.7. The Balaban J connectivity index is 2.67. The van der Waals surface area contributed by atoms with Gasteiger partial charge >= 0.3 is 0 Å². The van der Waals surface area contributed by atoms with Crippen LogP contribution in [0.1, 0.15) is 44.9 Å². The number of terminal acetylenes is 1. The molecule has 0 spiro atoms. The molecule has 0 unspecified atom stereocenters. The first kappa shape index (κ1) is 18.3. The summed E-state index contributed by atoms with van der Waals surface area (Å²) in [6.45, 7) is 9.30. The maximum absolute atomic E-state index is 11.7. The van der Waals surface area contributed by atoms with E-state index in [1.807, 2.05) is 0 Å². The lowest BCUT2D eigenvalue weighted by Crippen LogP contribution is -2.37.